The number of nitrogen functional groups attached to an aromatic ring is 1. The number of rotatable bonds is 2. The van der Waals surface area contributed by atoms with Crippen molar-refractivity contribution in [3.8, 4) is 0 Å². The molecule has 0 unspecified atom stereocenters. The van der Waals surface area contributed by atoms with Gasteiger partial charge in [-0.05, 0) is 13.3 Å². The highest BCUT2D eigenvalue weighted by Gasteiger charge is 2.06. The van der Waals surface area contributed by atoms with Gasteiger partial charge < -0.3 is 10.3 Å². The Morgan fingerprint density at radius 1 is 1.60 bits per heavy atom. The fourth-order valence-corrected chi connectivity index (χ4v) is 0.960. The summed E-state index contributed by atoms with van der Waals surface area (Å²) in [5, 5.41) is 3.73. The van der Waals surface area contributed by atoms with Crippen LogP contribution in [-0.4, -0.2) is 5.16 Å². The molecular formula is C7H12N2O. The molecule has 0 amide bonds. The number of nitrogens with zero attached hydrogens (tertiary/aromatic N) is 1. The van der Waals surface area contributed by atoms with E-state index in [1.165, 1.54) is 0 Å². The van der Waals surface area contributed by atoms with Gasteiger partial charge in [0.05, 0.1) is 5.69 Å². The summed E-state index contributed by atoms with van der Waals surface area (Å²) < 4.78 is 4.78. The van der Waals surface area contributed by atoms with E-state index < -0.39 is 0 Å². The smallest absolute Gasteiger partial charge is 0.225 e. The van der Waals surface area contributed by atoms with Gasteiger partial charge in [0.2, 0.25) is 5.88 Å². The average molecular weight is 140 g/mol. The summed E-state index contributed by atoms with van der Waals surface area (Å²) >= 11 is 0. The zero-order valence-electron chi connectivity index (χ0n) is 6.35. The third kappa shape index (κ3) is 1.12. The lowest BCUT2D eigenvalue weighted by Crippen LogP contribution is -1.90. The highest BCUT2D eigenvalue weighted by atomic mass is 16.5. The summed E-state index contributed by atoms with van der Waals surface area (Å²) in [6.45, 7) is 4.01. The van der Waals surface area contributed by atoms with E-state index in [1.807, 2.05) is 6.92 Å². The Labute approximate surface area is 60.2 Å². The van der Waals surface area contributed by atoms with Gasteiger partial charge in [-0.15, -0.1) is 0 Å². The summed E-state index contributed by atoms with van der Waals surface area (Å²) in [5.74, 6) is 0.472. The Morgan fingerprint density at radius 2 is 2.30 bits per heavy atom. The molecule has 0 spiro atoms. The monoisotopic (exact) mass is 140 g/mol. The molecule has 0 bridgehead atoms. The van der Waals surface area contributed by atoms with Crippen LogP contribution < -0.4 is 5.73 Å². The molecule has 0 aromatic carbocycles. The lowest BCUT2D eigenvalue weighted by Gasteiger charge is -1.92. The first-order valence-electron chi connectivity index (χ1n) is 3.46. The molecule has 10 heavy (non-hydrogen) atoms. The van der Waals surface area contributed by atoms with Gasteiger partial charge in [-0.2, -0.15) is 0 Å². The maximum Gasteiger partial charge on any atom is 0.225 e. The van der Waals surface area contributed by atoms with Crippen LogP contribution in [-0.2, 0) is 6.42 Å². The van der Waals surface area contributed by atoms with Gasteiger partial charge >= 0.3 is 0 Å². The van der Waals surface area contributed by atoms with E-state index in [4.69, 9.17) is 10.3 Å². The number of aromatic nitrogens is 1. The molecule has 0 aliphatic carbocycles. The van der Waals surface area contributed by atoms with Gasteiger partial charge in [-0.3, -0.25) is 0 Å². The number of hydrogen-bond acceptors (Lipinski definition) is 3. The van der Waals surface area contributed by atoms with Crippen LogP contribution in [0.4, 0.5) is 5.88 Å². The molecule has 0 atom stereocenters. The summed E-state index contributed by atoms with van der Waals surface area (Å²) in [6, 6.07) is 0. The molecule has 56 valence electrons. The molecule has 0 saturated carbocycles. The van der Waals surface area contributed by atoms with Crippen molar-refractivity contribution >= 4 is 5.88 Å². The molecule has 0 fully saturated rings. The predicted molar refractivity (Wildman–Crippen MR) is 39.6 cm³/mol. The van der Waals surface area contributed by atoms with E-state index in [0.717, 1.165) is 24.1 Å². The van der Waals surface area contributed by atoms with Crippen molar-refractivity contribution < 1.29 is 4.52 Å². The second-order valence-electron chi connectivity index (χ2n) is 2.36. The molecule has 3 heteroatoms. The topological polar surface area (TPSA) is 52.0 Å². The summed E-state index contributed by atoms with van der Waals surface area (Å²) in [4.78, 5) is 0. The zero-order valence-corrected chi connectivity index (χ0v) is 6.35. The maximum atomic E-state index is 5.50. The normalized spacial score (nSPS) is 10.2. The minimum Gasteiger partial charge on any atom is -0.367 e. The molecule has 1 aromatic heterocycles. The second kappa shape index (κ2) is 2.73. The van der Waals surface area contributed by atoms with Crippen LogP contribution in [0.1, 0.15) is 24.6 Å². The van der Waals surface area contributed by atoms with E-state index in [9.17, 15) is 0 Å². The fourth-order valence-electron chi connectivity index (χ4n) is 0.960. The van der Waals surface area contributed by atoms with Crippen LogP contribution in [0.2, 0.25) is 0 Å². The van der Waals surface area contributed by atoms with Gasteiger partial charge in [0.1, 0.15) is 0 Å². The highest BCUT2D eigenvalue weighted by Crippen LogP contribution is 2.16. The largest absolute Gasteiger partial charge is 0.367 e. The minimum absolute atomic E-state index is 0.472. The quantitative estimate of drug-likeness (QED) is 0.677. The number of hydrogen-bond donors (Lipinski definition) is 1. The SMILES string of the molecule is CCCc1c(C)noc1N. The maximum absolute atomic E-state index is 5.50. The van der Waals surface area contributed by atoms with E-state index in [1.54, 1.807) is 0 Å². The molecule has 0 aliphatic rings. The van der Waals surface area contributed by atoms with Crippen molar-refractivity contribution in [2.24, 2.45) is 0 Å². The Bertz CT molecular complexity index is 198. The lowest BCUT2D eigenvalue weighted by molar-refractivity contribution is 0.431. The summed E-state index contributed by atoms with van der Waals surface area (Å²) in [5.41, 5.74) is 7.47. The van der Waals surface area contributed by atoms with Crippen LogP contribution in [0.5, 0.6) is 0 Å². The Morgan fingerprint density at radius 3 is 2.70 bits per heavy atom. The van der Waals surface area contributed by atoms with Crippen molar-refractivity contribution in [2.75, 3.05) is 5.73 Å². The van der Waals surface area contributed by atoms with Crippen molar-refractivity contribution in [3.05, 3.63) is 11.3 Å². The van der Waals surface area contributed by atoms with Crippen LogP contribution in [0.3, 0.4) is 0 Å². The molecule has 3 nitrogen and oxygen atoms in total. The Kier molecular flexibility index (Phi) is 1.94. The van der Waals surface area contributed by atoms with Crippen molar-refractivity contribution in [1.82, 2.24) is 5.16 Å². The lowest BCUT2D eigenvalue weighted by atomic mass is 10.1. The van der Waals surface area contributed by atoms with E-state index in [0.29, 0.717) is 5.88 Å². The van der Waals surface area contributed by atoms with Crippen LogP contribution >= 0.6 is 0 Å². The first-order chi connectivity index (χ1) is 4.75. The van der Waals surface area contributed by atoms with Crippen LogP contribution in [0.25, 0.3) is 0 Å². The molecule has 0 aliphatic heterocycles. The fraction of sp³-hybridized carbons (Fsp3) is 0.571. The predicted octanol–water partition coefficient (Wildman–Crippen LogP) is 1.52. The molecule has 0 radical (unpaired) electrons. The van der Waals surface area contributed by atoms with Gasteiger partial charge in [0.15, 0.2) is 0 Å². The van der Waals surface area contributed by atoms with Gasteiger partial charge in [-0.25, -0.2) is 0 Å². The molecule has 1 heterocycles. The first-order valence-corrected chi connectivity index (χ1v) is 3.46. The minimum atomic E-state index is 0.472. The summed E-state index contributed by atoms with van der Waals surface area (Å²) in [7, 11) is 0. The van der Waals surface area contributed by atoms with Crippen molar-refractivity contribution in [1.29, 1.82) is 0 Å². The number of nitrogens with two attached hydrogens (primary N) is 1. The van der Waals surface area contributed by atoms with Gasteiger partial charge in [0.25, 0.3) is 0 Å². The standard InChI is InChI=1S/C7H12N2O/c1-3-4-6-5(2)9-10-7(6)8/h3-4,8H2,1-2H3. The first kappa shape index (κ1) is 7.12. The van der Waals surface area contributed by atoms with E-state index in [2.05, 4.69) is 12.1 Å². The Hall–Kier alpha value is -0.990. The molecule has 1 rings (SSSR count). The zero-order chi connectivity index (χ0) is 7.56. The summed E-state index contributed by atoms with van der Waals surface area (Å²) in [6.07, 6.45) is 2.04. The van der Waals surface area contributed by atoms with Crippen molar-refractivity contribution in [3.63, 3.8) is 0 Å². The van der Waals surface area contributed by atoms with Crippen LogP contribution in [0.15, 0.2) is 4.52 Å². The molecule has 2 N–H and O–H groups in total. The molecule has 0 saturated heterocycles. The third-order valence-corrected chi connectivity index (χ3v) is 1.52. The van der Waals surface area contributed by atoms with Crippen LogP contribution in [0, 0.1) is 6.92 Å². The Balaban J connectivity index is 2.87. The molecular weight excluding hydrogens is 128 g/mol. The van der Waals surface area contributed by atoms with Crippen molar-refractivity contribution in [2.45, 2.75) is 26.7 Å². The van der Waals surface area contributed by atoms with Gasteiger partial charge in [0, 0.05) is 5.56 Å². The van der Waals surface area contributed by atoms with Gasteiger partial charge in [-0.1, -0.05) is 18.5 Å². The van der Waals surface area contributed by atoms with E-state index >= 15 is 0 Å². The highest BCUT2D eigenvalue weighted by molar-refractivity contribution is 5.38. The molecule has 1 aromatic rings. The second-order valence-corrected chi connectivity index (χ2v) is 2.36. The third-order valence-electron chi connectivity index (χ3n) is 1.52. The average Bonchev–Trinajstić information content (AvgIpc) is 2.20. The number of anilines is 1. The number of aryl methyl sites for hydroxylation is 1. The van der Waals surface area contributed by atoms with E-state index in [-0.39, 0.29) is 0 Å².